The maximum atomic E-state index is 12.8. The molecule has 1 atom stereocenters. The van der Waals surface area contributed by atoms with Crippen LogP contribution in [0.25, 0.3) is 10.1 Å². The van der Waals surface area contributed by atoms with Crippen molar-refractivity contribution >= 4 is 33.0 Å². The third kappa shape index (κ3) is 5.01. The summed E-state index contributed by atoms with van der Waals surface area (Å²) >= 11 is 1.81. The molecule has 1 saturated heterocycles. The van der Waals surface area contributed by atoms with E-state index in [-0.39, 0.29) is 11.9 Å². The number of nitrogens with zero attached hydrogens (tertiary/aromatic N) is 2. The predicted molar refractivity (Wildman–Crippen MR) is 126 cm³/mol. The van der Waals surface area contributed by atoms with Crippen molar-refractivity contribution in [3.63, 3.8) is 0 Å². The van der Waals surface area contributed by atoms with Gasteiger partial charge in [0.05, 0.1) is 20.3 Å². The molecule has 7 heteroatoms. The number of anilines is 1. The Kier molecular flexibility index (Phi) is 6.75. The fraction of sp³-hybridized carbons (Fsp3) is 0.375. The molecule has 1 amide bonds. The SMILES string of the molecule is COc1cc(NC(=O)C(C)N2CCN(Cc3csc4ccccc34)CC2)cc(OC)c1. The van der Waals surface area contributed by atoms with Gasteiger partial charge in [0.25, 0.3) is 0 Å². The fourth-order valence-corrected chi connectivity index (χ4v) is 4.95. The lowest BCUT2D eigenvalue weighted by Crippen LogP contribution is -2.52. The topological polar surface area (TPSA) is 54.0 Å². The van der Waals surface area contributed by atoms with Crippen LogP contribution in [0.5, 0.6) is 11.5 Å². The van der Waals surface area contributed by atoms with Crippen molar-refractivity contribution in [3.05, 3.63) is 53.4 Å². The van der Waals surface area contributed by atoms with E-state index < -0.39 is 0 Å². The van der Waals surface area contributed by atoms with Crippen LogP contribution >= 0.6 is 11.3 Å². The zero-order valence-corrected chi connectivity index (χ0v) is 19.1. The van der Waals surface area contributed by atoms with E-state index in [1.807, 2.05) is 18.3 Å². The van der Waals surface area contributed by atoms with Crippen LogP contribution in [0.4, 0.5) is 5.69 Å². The minimum absolute atomic E-state index is 0.0208. The van der Waals surface area contributed by atoms with E-state index in [1.165, 1.54) is 15.6 Å². The molecule has 1 N–H and O–H groups in total. The Morgan fingerprint density at radius 3 is 2.42 bits per heavy atom. The highest BCUT2D eigenvalue weighted by molar-refractivity contribution is 7.17. The highest BCUT2D eigenvalue weighted by Crippen LogP contribution is 2.28. The molecule has 1 fully saturated rings. The normalized spacial score (nSPS) is 16.2. The average Bonchev–Trinajstić information content (AvgIpc) is 3.21. The van der Waals surface area contributed by atoms with Gasteiger partial charge >= 0.3 is 0 Å². The Bertz CT molecular complexity index is 1020. The average molecular weight is 440 g/mol. The number of hydrogen-bond acceptors (Lipinski definition) is 6. The van der Waals surface area contributed by atoms with E-state index in [0.29, 0.717) is 17.2 Å². The van der Waals surface area contributed by atoms with Gasteiger partial charge in [-0.1, -0.05) is 18.2 Å². The Hall–Kier alpha value is -2.61. The number of nitrogens with one attached hydrogen (secondary N) is 1. The summed E-state index contributed by atoms with van der Waals surface area (Å²) in [6.07, 6.45) is 0. The maximum absolute atomic E-state index is 12.8. The smallest absolute Gasteiger partial charge is 0.241 e. The molecule has 0 bridgehead atoms. The predicted octanol–water partition coefficient (Wildman–Crippen LogP) is 4.06. The van der Waals surface area contributed by atoms with Crippen molar-refractivity contribution < 1.29 is 14.3 Å². The molecule has 164 valence electrons. The molecule has 3 aromatic rings. The summed E-state index contributed by atoms with van der Waals surface area (Å²) in [5.74, 6) is 1.28. The van der Waals surface area contributed by atoms with Gasteiger partial charge in [-0.3, -0.25) is 14.6 Å². The molecule has 1 unspecified atom stereocenters. The number of thiophene rings is 1. The Balaban J connectivity index is 1.32. The molecular formula is C24H29N3O3S. The molecule has 2 aromatic carbocycles. The van der Waals surface area contributed by atoms with Gasteiger partial charge in [0.2, 0.25) is 5.91 Å². The van der Waals surface area contributed by atoms with Crippen molar-refractivity contribution in [2.24, 2.45) is 0 Å². The van der Waals surface area contributed by atoms with Crippen molar-refractivity contribution in [2.75, 3.05) is 45.7 Å². The van der Waals surface area contributed by atoms with E-state index in [9.17, 15) is 4.79 Å². The minimum atomic E-state index is -0.207. The molecule has 1 aliphatic rings. The Morgan fingerprint density at radius 1 is 1.06 bits per heavy atom. The van der Waals surface area contributed by atoms with E-state index in [4.69, 9.17) is 9.47 Å². The second kappa shape index (κ2) is 9.68. The van der Waals surface area contributed by atoms with Crippen molar-refractivity contribution in [1.29, 1.82) is 0 Å². The summed E-state index contributed by atoms with van der Waals surface area (Å²) in [4.78, 5) is 17.6. The number of hydrogen-bond donors (Lipinski definition) is 1. The van der Waals surface area contributed by atoms with E-state index >= 15 is 0 Å². The number of amides is 1. The number of carbonyl (C=O) groups excluding carboxylic acids is 1. The number of carbonyl (C=O) groups is 1. The standard InChI is InChI=1S/C24H29N3O3S/c1-17(24(28)25-19-12-20(29-2)14-21(13-19)30-3)27-10-8-26(9-11-27)15-18-16-31-23-7-5-4-6-22(18)23/h4-7,12-14,16-17H,8-11,15H2,1-3H3,(H,25,28). The summed E-state index contributed by atoms with van der Waals surface area (Å²) in [7, 11) is 3.20. The zero-order chi connectivity index (χ0) is 21.8. The van der Waals surface area contributed by atoms with E-state index in [1.54, 1.807) is 32.4 Å². The molecule has 0 saturated carbocycles. The highest BCUT2D eigenvalue weighted by Gasteiger charge is 2.26. The molecule has 6 nitrogen and oxygen atoms in total. The summed E-state index contributed by atoms with van der Waals surface area (Å²) in [6, 6.07) is 13.8. The Morgan fingerprint density at radius 2 is 1.74 bits per heavy atom. The molecule has 1 aliphatic heterocycles. The minimum Gasteiger partial charge on any atom is -0.497 e. The monoisotopic (exact) mass is 439 g/mol. The van der Waals surface area contributed by atoms with Crippen LogP contribution in [-0.2, 0) is 11.3 Å². The van der Waals surface area contributed by atoms with Crippen LogP contribution in [-0.4, -0.2) is 62.1 Å². The summed E-state index contributed by atoms with van der Waals surface area (Å²) in [5, 5.41) is 6.63. The molecule has 0 spiro atoms. The van der Waals surface area contributed by atoms with Gasteiger partial charge in [-0.2, -0.15) is 0 Å². The van der Waals surface area contributed by atoms with Crippen LogP contribution in [0.3, 0.4) is 0 Å². The third-order valence-electron chi connectivity index (χ3n) is 5.91. The summed E-state index contributed by atoms with van der Waals surface area (Å²) in [6.45, 7) is 6.58. The lowest BCUT2D eigenvalue weighted by atomic mass is 10.1. The van der Waals surface area contributed by atoms with Crippen LogP contribution < -0.4 is 14.8 Å². The lowest BCUT2D eigenvalue weighted by Gasteiger charge is -2.37. The molecule has 0 aliphatic carbocycles. The van der Waals surface area contributed by atoms with Crippen molar-refractivity contribution in [3.8, 4) is 11.5 Å². The third-order valence-corrected chi connectivity index (χ3v) is 6.92. The van der Waals surface area contributed by atoms with Gasteiger partial charge in [0, 0.05) is 61.3 Å². The largest absolute Gasteiger partial charge is 0.497 e. The van der Waals surface area contributed by atoms with Gasteiger partial charge in [0.15, 0.2) is 0 Å². The van der Waals surface area contributed by atoms with Crippen LogP contribution in [0.1, 0.15) is 12.5 Å². The number of fused-ring (bicyclic) bond motifs is 1. The summed E-state index contributed by atoms with van der Waals surface area (Å²) in [5.41, 5.74) is 2.07. The second-order valence-corrected chi connectivity index (χ2v) is 8.75. The van der Waals surface area contributed by atoms with Gasteiger partial charge in [-0.25, -0.2) is 0 Å². The van der Waals surface area contributed by atoms with Crippen molar-refractivity contribution in [2.45, 2.75) is 19.5 Å². The van der Waals surface area contributed by atoms with Crippen molar-refractivity contribution in [1.82, 2.24) is 9.80 Å². The van der Waals surface area contributed by atoms with Gasteiger partial charge in [-0.15, -0.1) is 11.3 Å². The number of ether oxygens (including phenoxy) is 2. The highest BCUT2D eigenvalue weighted by atomic mass is 32.1. The second-order valence-electron chi connectivity index (χ2n) is 7.84. The summed E-state index contributed by atoms with van der Waals surface area (Å²) < 4.78 is 11.9. The first-order chi connectivity index (χ1) is 15.1. The number of rotatable bonds is 7. The molecule has 31 heavy (non-hydrogen) atoms. The maximum Gasteiger partial charge on any atom is 0.241 e. The molecular weight excluding hydrogens is 410 g/mol. The van der Waals surface area contributed by atoms with Gasteiger partial charge < -0.3 is 14.8 Å². The molecule has 1 aromatic heterocycles. The van der Waals surface area contributed by atoms with E-state index in [0.717, 1.165) is 32.7 Å². The Labute approximate surface area is 187 Å². The molecule has 0 radical (unpaired) electrons. The van der Waals surface area contributed by atoms with Gasteiger partial charge in [-0.05, 0) is 29.3 Å². The quantitative estimate of drug-likeness (QED) is 0.602. The zero-order valence-electron chi connectivity index (χ0n) is 18.3. The number of piperazine rings is 1. The first kappa shape index (κ1) is 21.6. The first-order valence-electron chi connectivity index (χ1n) is 10.5. The lowest BCUT2D eigenvalue weighted by molar-refractivity contribution is -0.121. The molecule has 2 heterocycles. The van der Waals surface area contributed by atoms with Crippen LogP contribution in [0, 0.1) is 0 Å². The van der Waals surface area contributed by atoms with Gasteiger partial charge in [0.1, 0.15) is 11.5 Å². The van der Waals surface area contributed by atoms with E-state index in [2.05, 4.69) is 44.8 Å². The number of benzene rings is 2. The van der Waals surface area contributed by atoms with Crippen LogP contribution in [0.2, 0.25) is 0 Å². The first-order valence-corrected chi connectivity index (χ1v) is 11.4. The fourth-order valence-electron chi connectivity index (χ4n) is 4.00. The van der Waals surface area contributed by atoms with Crippen LogP contribution in [0.15, 0.2) is 47.8 Å². The number of methoxy groups -OCH3 is 2. The molecule has 4 rings (SSSR count).